The SMILES string of the molecule is CNC1(C)CCN(C(=O)c2ccc(O)cc2)CC1. The summed E-state index contributed by atoms with van der Waals surface area (Å²) in [5.74, 6) is 0.237. The van der Waals surface area contributed by atoms with Gasteiger partial charge in [-0.05, 0) is 51.1 Å². The number of rotatable bonds is 2. The van der Waals surface area contributed by atoms with Gasteiger partial charge in [0, 0.05) is 24.2 Å². The fourth-order valence-corrected chi connectivity index (χ4v) is 2.24. The summed E-state index contributed by atoms with van der Waals surface area (Å²) >= 11 is 0. The molecule has 1 heterocycles. The molecule has 1 aliphatic rings. The number of carbonyl (C=O) groups excluding carboxylic acids is 1. The van der Waals surface area contributed by atoms with Gasteiger partial charge >= 0.3 is 0 Å². The fourth-order valence-electron chi connectivity index (χ4n) is 2.24. The molecule has 1 aromatic rings. The topological polar surface area (TPSA) is 52.6 Å². The lowest BCUT2D eigenvalue weighted by Gasteiger charge is -2.39. The minimum absolute atomic E-state index is 0.0492. The highest BCUT2D eigenvalue weighted by atomic mass is 16.3. The molecule has 1 amide bonds. The number of nitrogens with one attached hydrogen (secondary N) is 1. The molecule has 18 heavy (non-hydrogen) atoms. The number of benzene rings is 1. The van der Waals surface area contributed by atoms with E-state index in [1.807, 2.05) is 11.9 Å². The number of likely N-dealkylation sites (tertiary alicyclic amines) is 1. The van der Waals surface area contributed by atoms with E-state index < -0.39 is 0 Å². The molecule has 2 N–H and O–H groups in total. The van der Waals surface area contributed by atoms with E-state index in [0.717, 1.165) is 25.9 Å². The Morgan fingerprint density at radius 1 is 1.28 bits per heavy atom. The van der Waals surface area contributed by atoms with Gasteiger partial charge in [-0.15, -0.1) is 0 Å². The number of hydrogen-bond donors (Lipinski definition) is 2. The predicted octanol–water partition coefficient (Wildman–Crippen LogP) is 1.61. The van der Waals surface area contributed by atoms with E-state index in [9.17, 15) is 9.90 Å². The summed E-state index contributed by atoms with van der Waals surface area (Å²) in [5, 5.41) is 12.5. The van der Waals surface area contributed by atoms with Crippen LogP contribution in [0.3, 0.4) is 0 Å². The number of hydrogen-bond acceptors (Lipinski definition) is 3. The second-order valence-corrected chi connectivity index (χ2v) is 5.15. The summed E-state index contributed by atoms with van der Waals surface area (Å²) in [6.45, 7) is 3.74. The Hall–Kier alpha value is -1.55. The number of piperidine rings is 1. The molecular formula is C14H20N2O2. The molecule has 2 rings (SSSR count). The van der Waals surface area contributed by atoms with Crippen LogP contribution in [-0.4, -0.2) is 41.6 Å². The van der Waals surface area contributed by atoms with Gasteiger partial charge in [0.2, 0.25) is 0 Å². The van der Waals surface area contributed by atoms with E-state index in [-0.39, 0.29) is 17.2 Å². The first-order valence-corrected chi connectivity index (χ1v) is 6.31. The Balaban J connectivity index is 2.01. The first-order valence-electron chi connectivity index (χ1n) is 6.31. The minimum atomic E-state index is 0.0492. The van der Waals surface area contributed by atoms with Crippen LogP contribution >= 0.6 is 0 Å². The molecule has 0 spiro atoms. The van der Waals surface area contributed by atoms with Crippen molar-refractivity contribution in [3.63, 3.8) is 0 Å². The second kappa shape index (κ2) is 4.98. The van der Waals surface area contributed by atoms with Gasteiger partial charge in [-0.25, -0.2) is 0 Å². The zero-order valence-corrected chi connectivity index (χ0v) is 10.9. The van der Waals surface area contributed by atoms with Crippen LogP contribution in [0.2, 0.25) is 0 Å². The molecule has 0 aliphatic carbocycles. The van der Waals surface area contributed by atoms with Crippen molar-refractivity contribution in [1.82, 2.24) is 10.2 Å². The summed E-state index contributed by atoms with van der Waals surface area (Å²) in [7, 11) is 1.97. The lowest BCUT2D eigenvalue weighted by molar-refractivity contribution is 0.0662. The van der Waals surface area contributed by atoms with E-state index in [2.05, 4.69) is 12.2 Å². The van der Waals surface area contributed by atoms with E-state index in [1.54, 1.807) is 24.3 Å². The van der Waals surface area contributed by atoms with Crippen LogP contribution in [0.1, 0.15) is 30.1 Å². The van der Waals surface area contributed by atoms with Crippen molar-refractivity contribution in [1.29, 1.82) is 0 Å². The molecule has 98 valence electrons. The van der Waals surface area contributed by atoms with Crippen LogP contribution in [0.4, 0.5) is 0 Å². The van der Waals surface area contributed by atoms with Crippen molar-refractivity contribution in [2.45, 2.75) is 25.3 Å². The number of phenolic OH excluding ortho intramolecular Hbond substituents is 1. The Morgan fingerprint density at radius 3 is 2.33 bits per heavy atom. The summed E-state index contributed by atoms with van der Waals surface area (Å²) in [5.41, 5.74) is 0.784. The van der Waals surface area contributed by atoms with Crippen molar-refractivity contribution in [3.05, 3.63) is 29.8 Å². The fraction of sp³-hybridized carbons (Fsp3) is 0.500. The highest BCUT2D eigenvalue weighted by Gasteiger charge is 2.30. The number of amides is 1. The number of carbonyl (C=O) groups is 1. The lowest BCUT2D eigenvalue weighted by Crippen LogP contribution is -2.51. The average molecular weight is 248 g/mol. The van der Waals surface area contributed by atoms with Crippen LogP contribution in [0, 0.1) is 0 Å². The summed E-state index contributed by atoms with van der Waals surface area (Å²) in [4.78, 5) is 14.1. The summed E-state index contributed by atoms with van der Waals surface area (Å²) in [6.07, 6.45) is 1.93. The molecule has 0 saturated carbocycles. The first-order chi connectivity index (χ1) is 8.54. The molecule has 1 saturated heterocycles. The van der Waals surface area contributed by atoms with Crippen molar-refractivity contribution in [3.8, 4) is 5.75 Å². The highest BCUT2D eigenvalue weighted by Crippen LogP contribution is 2.22. The van der Waals surface area contributed by atoms with Crippen LogP contribution in [-0.2, 0) is 0 Å². The van der Waals surface area contributed by atoms with Gasteiger partial charge < -0.3 is 15.3 Å². The smallest absolute Gasteiger partial charge is 0.253 e. The van der Waals surface area contributed by atoms with Crippen molar-refractivity contribution < 1.29 is 9.90 Å². The van der Waals surface area contributed by atoms with Crippen LogP contribution in [0.25, 0.3) is 0 Å². The van der Waals surface area contributed by atoms with E-state index in [1.165, 1.54) is 0 Å². The minimum Gasteiger partial charge on any atom is -0.508 e. The lowest BCUT2D eigenvalue weighted by atomic mass is 9.89. The number of phenols is 1. The molecule has 0 aromatic heterocycles. The van der Waals surface area contributed by atoms with Gasteiger partial charge in [0.15, 0.2) is 0 Å². The first kappa shape index (κ1) is 12.9. The molecule has 1 aliphatic heterocycles. The third-order valence-corrected chi connectivity index (χ3v) is 3.87. The molecular weight excluding hydrogens is 228 g/mol. The van der Waals surface area contributed by atoms with Gasteiger partial charge in [0.1, 0.15) is 5.75 Å². The predicted molar refractivity (Wildman–Crippen MR) is 70.7 cm³/mol. The molecule has 0 radical (unpaired) electrons. The van der Waals surface area contributed by atoms with Gasteiger partial charge in [-0.1, -0.05) is 0 Å². The monoisotopic (exact) mass is 248 g/mol. The zero-order chi connectivity index (χ0) is 13.2. The molecule has 0 unspecified atom stereocenters. The maximum atomic E-state index is 12.2. The van der Waals surface area contributed by atoms with Gasteiger partial charge in [0.25, 0.3) is 5.91 Å². The molecule has 1 aromatic carbocycles. The van der Waals surface area contributed by atoms with E-state index in [0.29, 0.717) is 5.56 Å². The molecule has 4 nitrogen and oxygen atoms in total. The van der Waals surface area contributed by atoms with Gasteiger partial charge in [0.05, 0.1) is 0 Å². The largest absolute Gasteiger partial charge is 0.508 e. The van der Waals surface area contributed by atoms with Crippen LogP contribution in [0.5, 0.6) is 5.75 Å². The Morgan fingerprint density at radius 2 is 1.83 bits per heavy atom. The molecule has 4 heteroatoms. The second-order valence-electron chi connectivity index (χ2n) is 5.15. The van der Waals surface area contributed by atoms with Crippen molar-refractivity contribution in [2.24, 2.45) is 0 Å². The highest BCUT2D eigenvalue weighted by molar-refractivity contribution is 5.94. The third-order valence-electron chi connectivity index (χ3n) is 3.87. The molecule has 1 fully saturated rings. The summed E-state index contributed by atoms with van der Waals surface area (Å²) < 4.78 is 0. The standard InChI is InChI=1S/C14H20N2O2/c1-14(15-2)7-9-16(10-8-14)13(18)11-3-5-12(17)6-4-11/h3-6,15,17H,7-10H2,1-2H3. The average Bonchev–Trinajstić information content (AvgIpc) is 2.40. The van der Waals surface area contributed by atoms with Crippen LogP contribution < -0.4 is 5.32 Å². The molecule has 0 atom stereocenters. The Bertz CT molecular complexity index is 420. The maximum Gasteiger partial charge on any atom is 0.253 e. The molecule has 0 bridgehead atoms. The summed E-state index contributed by atoms with van der Waals surface area (Å²) in [6, 6.07) is 6.44. The Labute approximate surface area is 108 Å². The van der Waals surface area contributed by atoms with Gasteiger partial charge in [-0.2, -0.15) is 0 Å². The van der Waals surface area contributed by atoms with E-state index >= 15 is 0 Å². The third kappa shape index (κ3) is 2.64. The maximum absolute atomic E-state index is 12.2. The van der Waals surface area contributed by atoms with E-state index in [4.69, 9.17) is 0 Å². The quantitative estimate of drug-likeness (QED) is 0.836. The normalized spacial score (nSPS) is 18.7. The van der Waals surface area contributed by atoms with Crippen LogP contribution in [0.15, 0.2) is 24.3 Å². The van der Waals surface area contributed by atoms with Gasteiger partial charge in [-0.3, -0.25) is 4.79 Å². The van der Waals surface area contributed by atoms with Crippen molar-refractivity contribution in [2.75, 3.05) is 20.1 Å². The zero-order valence-electron chi connectivity index (χ0n) is 10.9. The Kier molecular flexibility index (Phi) is 3.57. The van der Waals surface area contributed by atoms with Crippen molar-refractivity contribution >= 4 is 5.91 Å². The number of aromatic hydroxyl groups is 1. The number of nitrogens with zero attached hydrogens (tertiary/aromatic N) is 1.